The summed E-state index contributed by atoms with van der Waals surface area (Å²) in [5.74, 6) is -0.132. The quantitative estimate of drug-likeness (QED) is 0.505. The first kappa shape index (κ1) is 8.08. The van der Waals surface area contributed by atoms with Crippen molar-refractivity contribution < 1.29 is 9.09 Å². The highest BCUT2D eigenvalue weighted by molar-refractivity contribution is 5.14. The highest BCUT2D eigenvalue weighted by Gasteiger charge is 1.88. The lowest BCUT2D eigenvalue weighted by atomic mass is 10.2. The van der Waals surface area contributed by atoms with Gasteiger partial charge in [-0.05, 0) is 18.6 Å². The Bertz CT molecular complexity index is 163. The largest absolute Gasteiger partial charge is 0.269 e. The summed E-state index contributed by atoms with van der Waals surface area (Å²) in [6, 6.07) is 6.70. The average Bonchev–Trinajstić information content (AvgIpc) is 1.77. The van der Waals surface area contributed by atoms with Gasteiger partial charge in [-0.1, -0.05) is 18.2 Å². The van der Waals surface area contributed by atoms with E-state index in [-0.39, 0.29) is 10.5 Å². The van der Waals surface area contributed by atoms with Crippen LogP contribution in [0.4, 0.5) is 9.09 Å². The van der Waals surface area contributed by atoms with Crippen LogP contribution < -0.4 is 0 Å². The molecule has 0 spiro atoms. The molecule has 0 saturated heterocycles. The predicted octanol–water partition coefficient (Wildman–Crippen LogP) is 2.29. The van der Waals surface area contributed by atoms with E-state index in [1.165, 1.54) is 6.07 Å². The van der Waals surface area contributed by atoms with Gasteiger partial charge in [0.1, 0.15) is 5.82 Å². The predicted molar refractivity (Wildman–Crippen MR) is 33.6 cm³/mol. The molecule has 0 aliphatic carbocycles. The van der Waals surface area contributed by atoms with Crippen molar-refractivity contribution in [1.29, 1.82) is 0 Å². The van der Waals surface area contributed by atoms with Gasteiger partial charge in [0.2, 0.25) is 0 Å². The standard InChI is InChI=1S/C7H7F.FH/c1-6-4-2-3-5-7(6)8;/h2-5H,1H3;1H. The van der Waals surface area contributed by atoms with E-state index >= 15 is 0 Å². The molecule has 0 aromatic heterocycles. The fourth-order valence-corrected chi connectivity index (χ4v) is 0.551. The van der Waals surface area contributed by atoms with Crippen LogP contribution in [0.1, 0.15) is 5.56 Å². The number of hydrogen-bond acceptors (Lipinski definition) is 0. The van der Waals surface area contributed by atoms with Gasteiger partial charge in [0.25, 0.3) is 0 Å². The maximum atomic E-state index is 12.3. The molecule has 0 aliphatic rings. The van der Waals surface area contributed by atoms with E-state index in [1.807, 2.05) is 6.07 Å². The summed E-state index contributed by atoms with van der Waals surface area (Å²) in [6.45, 7) is 1.75. The van der Waals surface area contributed by atoms with Crippen molar-refractivity contribution in [3.63, 3.8) is 0 Å². The zero-order valence-corrected chi connectivity index (χ0v) is 5.10. The Labute approximate surface area is 52.7 Å². The maximum absolute atomic E-state index is 12.3. The van der Waals surface area contributed by atoms with Crippen molar-refractivity contribution >= 4 is 0 Å². The summed E-state index contributed by atoms with van der Waals surface area (Å²) in [5.41, 5.74) is 0.701. The number of halogens is 2. The summed E-state index contributed by atoms with van der Waals surface area (Å²) in [4.78, 5) is 0. The van der Waals surface area contributed by atoms with Crippen LogP contribution in [0.25, 0.3) is 0 Å². The smallest absolute Gasteiger partial charge is 0.126 e. The summed E-state index contributed by atoms with van der Waals surface area (Å²) >= 11 is 0. The molecule has 0 bridgehead atoms. The van der Waals surface area contributed by atoms with Crippen LogP contribution in [0.2, 0.25) is 0 Å². The van der Waals surface area contributed by atoms with Gasteiger partial charge in [0.15, 0.2) is 0 Å². The van der Waals surface area contributed by atoms with Gasteiger partial charge in [0.05, 0.1) is 0 Å². The number of benzene rings is 1. The molecule has 2 heteroatoms. The minimum atomic E-state index is -0.132. The summed E-state index contributed by atoms with van der Waals surface area (Å²) in [5, 5.41) is 0. The van der Waals surface area contributed by atoms with Crippen LogP contribution in [0.5, 0.6) is 0 Å². The molecule has 1 aromatic carbocycles. The van der Waals surface area contributed by atoms with Crippen molar-refractivity contribution in [2.75, 3.05) is 0 Å². The highest BCUT2D eigenvalue weighted by atomic mass is 19.1. The Hall–Kier alpha value is -0.920. The van der Waals surface area contributed by atoms with E-state index in [0.717, 1.165) is 0 Å². The molecule has 0 N–H and O–H groups in total. The van der Waals surface area contributed by atoms with E-state index in [2.05, 4.69) is 0 Å². The number of aryl methyl sites for hydroxylation is 1. The topological polar surface area (TPSA) is 0 Å². The lowest BCUT2D eigenvalue weighted by molar-refractivity contribution is 0.618. The zero-order valence-electron chi connectivity index (χ0n) is 5.10. The Morgan fingerprint density at radius 1 is 1.22 bits per heavy atom. The molecule has 0 heterocycles. The first-order valence-electron chi connectivity index (χ1n) is 2.52. The molecule has 0 aliphatic heterocycles. The third kappa shape index (κ3) is 1.80. The third-order valence-electron chi connectivity index (χ3n) is 1.08. The van der Waals surface area contributed by atoms with Gasteiger partial charge in [-0.25, -0.2) is 4.39 Å². The van der Waals surface area contributed by atoms with Crippen molar-refractivity contribution in [3.05, 3.63) is 35.6 Å². The fourth-order valence-electron chi connectivity index (χ4n) is 0.551. The van der Waals surface area contributed by atoms with Gasteiger partial charge in [-0.15, -0.1) is 0 Å². The minimum Gasteiger partial charge on any atom is -0.269 e. The lowest BCUT2D eigenvalue weighted by Gasteiger charge is -1.89. The molecule has 0 unspecified atom stereocenters. The van der Waals surface area contributed by atoms with Gasteiger partial charge in [0, 0.05) is 0 Å². The second-order valence-electron chi connectivity index (χ2n) is 1.75. The van der Waals surface area contributed by atoms with Crippen LogP contribution in [0.15, 0.2) is 24.3 Å². The molecule has 50 valence electrons. The normalized spacial score (nSPS) is 8.22. The summed E-state index contributed by atoms with van der Waals surface area (Å²) in [7, 11) is 0. The number of hydrogen-bond donors (Lipinski definition) is 0. The van der Waals surface area contributed by atoms with Gasteiger partial charge >= 0.3 is 0 Å². The molecule has 0 amide bonds. The van der Waals surface area contributed by atoms with Crippen molar-refractivity contribution in [2.24, 2.45) is 0 Å². The Morgan fingerprint density at radius 2 is 1.78 bits per heavy atom. The monoisotopic (exact) mass is 130 g/mol. The van der Waals surface area contributed by atoms with Crippen LogP contribution in [0.3, 0.4) is 0 Å². The molecule has 0 atom stereocenters. The van der Waals surface area contributed by atoms with Crippen LogP contribution in [-0.4, -0.2) is 0 Å². The van der Waals surface area contributed by atoms with E-state index in [9.17, 15) is 4.39 Å². The molecule has 0 saturated carbocycles. The van der Waals surface area contributed by atoms with Crippen molar-refractivity contribution in [3.8, 4) is 0 Å². The van der Waals surface area contributed by atoms with E-state index < -0.39 is 0 Å². The number of rotatable bonds is 0. The van der Waals surface area contributed by atoms with Crippen molar-refractivity contribution in [1.82, 2.24) is 0 Å². The van der Waals surface area contributed by atoms with Gasteiger partial charge in [-0.3, -0.25) is 4.70 Å². The fraction of sp³-hybridized carbons (Fsp3) is 0.143. The van der Waals surface area contributed by atoms with Crippen LogP contribution >= 0.6 is 0 Å². The molecular weight excluding hydrogens is 122 g/mol. The van der Waals surface area contributed by atoms with Gasteiger partial charge in [-0.2, -0.15) is 0 Å². The highest BCUT2D eigenvalue weighted by Crippen LogP contribution is 2.01. The maximum Gasteiger partial charge on any atom is 0.126 e. The van der Waals surface area contributed by atoms with E-state index in [1.54, 1.807) is 19.1 Å². The molecule has 9 heavy (non-hydrogen) atoms. The second-order valence-corrected chi connectivity index (χ2v) is 1.75. The molecule has 0 radical (unpaired) electrons. The Balaban J connectivity index is 0.000000640. The lowest BCUT2D eigenvalue weighted by Crippen LogP contribution is -1.76. The Morgan fingerprint density at radius 3 is 2.11 bits per heavy atom. The van der Waals surface area contributed by atoms with Crippen LogP contribution in [0, 0.1) is 12.7 Å². The molecule has 0 nitrogen and oxygen atoms in total. The van der Waals surface area contributed by atoms with Crippen LogP contribution in [-0.2, 0) is 0 Å². The summed E-state index contributed by atoms with van der Waals surface area (Å²) in [6.07, 6.45) is 0. The zero-order chi connectivity index (χ0) is 5.98. The van der Waals surface area contributed by atoms with E-state index in [4.69, 9.17) is 0 Å². The third-order valence-corrected chi connectivity index (χ3v) is 1.08. The molecule has 1 rings (SSSR count). The van der Waals surface area contributed by atoms with E-state index in [0.29, 0.717) is 5.56 Å². The molecule has 0 fully saturated rings. The summed E-state index contributed by atoms with van der Waals surface area (Å²) < 4.78 is 12.3. The average molecular weight is 130 g/mol. The molecule has 1 aromatic rings. The molecular formula is C7H8F2. The SMILES string of the molecule is Cc1ccccc1F.F. The second kappa shape index (κ2) is 3.17. The Kier molecular flexibility index (Phi) is 2.85. The van der Waals surface area contributed by atoms with Crippen molar-refractivity contribution in [2.45, 2.75) is 6.92 Å². The first-order valence-corrected chi connectivity index (χ1v) is 2.52. The first-order chi connectivity index (χ1) is 3.80. The minimum absolute atomic E-state index is 0. The van der Waals surface area contributed by atoms with Gasteiger partial charge < -0.3 is 0 Å².